The molecule has 0 aliphatic rings. The average molecular weight is 321 g/mol. The predicted octanol–water partition coefficient (Wildman–Crippen LogP) is 4.27. The predicted molar refractivity (Wildman–Crippen MR) is 86.2 cm³/mol. The highest BCUT2D eigenvalue weighted by Crippen LogP contribution is 2.25. The van der Waals surface area contributed by atoms with Crippen molar-refractivity contribution in [3.63, 3.8) is 0 Å². The molecular weight excluding hydrogens is 307 g/mol. The number of hydrogen-bond acceptors (Lipinski definition) is 3. The summed E-state index contributed by atoms with van der Waals surface area (Å²) >= 11 is 11.9. The number of hydrogen-bond donors (Lipinski definition) is 1. The van der Waals surface area contributed by atoms with Gasteiger partial charge in [0.1, 0.15) is 0 Å². The normalized spacial score (nSPS) is 11.0. The van der Waals surface area contributed by atoms with Gasteiger partial charge in [-0.25, -0.2) is 9.97 Å². The summed E-state index contributed by atoms with van der Waals surface area (Å²) in [5.41, 5.74) is 3.91. The van der Waals surface area contributed by atoms with Gasteiger partial charge in [0.2, 0.25) is 5.78 Å². The van der Waals surface area contributed by atoms with Gasteiger partial charge in [0.15, 0.2) is 0 Å². The summed E-state index contributed by atoms with van der Waals surface area (Å²) in [5, 5.41) is 4.36. The van der Waals surface area contributed by atoms with Crippen LogP contribution in [-0.4, -0.2) is 14.4 Å². The maximum atomic E-state index is 6.00. The molecule has 0 atom stereocenters. The Bertz CT molecular complexity index is 811. The number of aryl methyl sites for hydroxylation is 2. The minimum atomic E-state index is 0.532. The average Bonchev–Trinajstić information content (AvgIpc) is 2.83. The van der Waals surface area contributed by atoms with Crippen molar-refractivity contribution < 1.29 is 0 Å². The van der Waals surface area contributed by atoms with Gasteiger partial charge in [0.25, 0.3) is 0 Å². The van der Waals surface area contributed by atoms with Gasteiger partial charge in [-0.1, -0.05) is 23.2 Å². The molecule has 0 saturated carbocycles. The van der Waals surface area contributed by atoms with E-state index in [0.29, 0.717) is 16.6 Å². The van der Waals surface area contributed by atoms with E-state index in [9.17, 15) is 0 Å². The molecule has 1 aromatic carbocycles. The van der Waals surface area contributed by atoms with Crippen molar-refractivity contribution >= 4 is 34.7 Å². The van der Waals surface area contributed by atoms with Crippen LogP contribution in [0, 0.1) is 13.8 Å². The van der Waals surface area contributed by atoms with Gasteiger partial charge in [-0.05, 0) is 38.1 Å². The Morgan fingerprint density at radius 1 is 1.10 bits per heavy atom. The smallest absolute Gasteiger partial charge is 0.234 e. The molecule has 0 bridgehead atoms. The quantitative estimate of drug-likeness (QED) is 0.783. The molecule has 3 aromatic rings. The third-order valence-corrected chi connectivity index (χ3v) is 3.94. The van der Waals surface area contributed by atoms with E-state index < -0.39 is 0 Å². The molecule has 0 spiro atoms. The summed E-state index contributed by atoms with van der Waals surface area (Å²) in [6.45, 7) is 4.61. The van der Waals surface area contributed by atoms with Crippen molar-refractivity contribution in [3.05, 3.63) is 57.6 Å². The fourth-order valence-electron chi connectivity index (χ4n) is 2.20. The zero-order valence-electron chi connectivity index (χ0n) is 11.7. The van der Waals surface area contributed by atoms with E-state index in [1.54, 1.807) is 12.1 Å². The van der Waals surface area contributed by atoms with Crippen LogP contribution in [0.4, 0.5) is 5.69 Å². The highest BCUT2D eigenvalue weighted by Gasteiger charge is 2.06. The first kappa shape index (κ1) is 14.2. The van der Waals surface area contributed by atoms with Gasteiger partial charge >= 0.3 is 0 Å². The van der Waals surface area contributed by atoms with Gasteiger partial charge in [0, 0.05) is 23.3 Å². The van der Waals surface area contributed by atoms with E-state index >= 15 is 0 Å². The standard InChI is InChI=1S/C15H14Cl2N4/c1-9-5-10(2)21-8-12(20-15(21)19-9)7-18-11-3-4-13(16)14(17)6-11/h3-6,8,18H,7H2,1-2H3. The van der Waals surface area contributed by atoms with Crippen LogP contribution in [0.3, 0.4) is 0 Å². The van der Waals surface area contributed by atoms with E-state index in [4.69, 9.17) is 23.2 Å². The topological polar surface area (TPSA) is 42.2 Å². The van der Waals surface area contributed by atoms with Crippen LogP contribution >= 0.6 is 23.2 Å². The summed E-state index contributed by atoms with van der Waals surface area (Å²) in [4.78, 5) is 8.94. The Labute approximate surface area is 132 Å². The first-order chi connectivity index (χ1) is 10.0. The Hall–Kier alpha value is -1.78. The van der Waals surface area contributed by atoms with Gasteiger partial charge < -0.3 is 5.32 Å². The highest BCUT2D eigenvalue weighted by molar-refractivity contribution is 6.42. The molecule has 3 rings (SSSR count). The maximum absolute atomic E-state index is 6.00. The molecule has 0 aliphatic heterocycles. The molecule has 21 heavy (non-hydrogen) atoms. The molecule has 0 amide bonds. The third kappa shape index (κ3) is 2.96. The summed E-state index contributed by atoms with van der Waals surface area (Å²) in [6, 6.07) is 7.49. The van der Waals surface area contributed by atoms with Crippen LogP contribution in [-0.2, 0) is 6.54 Å². The molecule has 2 heterocycles. The third-order valence-electron chi connectivity index (χ3n) is 3.20. The van der Waals surface area contributed by atoms with E-state index in [1.165, 1.54) is 0 Å². The highest BCUT2D eigenvalue weighted by atomic mass is 35.5. The Morgan fingerprint density at radius 2 is 1.90 bits per heavy atom. The van der Waals surface area contributed by atoms with E-state index in [2.05, 4.69) is 15.3 Å². The van der Waals surface area contributed by atoms with Crippen molar-refractivity contribution in [1.29, 1.82) is 0 Å². The number of halogens is 2. The maximum Gasteiger partial charge on any atom is 0.234 e. The zero-order valence-corrected chi connectivity index (χ0v) is 13.2. The summed E-state index contributed by atoms with van der Waals surface area (Å²) in [5.74, 6) is 0.721. The summed E-state index contributed by atoms with van der Waals surface area (Å²) < 4.78 is 1.98. The van der Waals surface area contributed by atoms with Crippen molar-refractivity contribution in [2.24, 2.45) is 0 Å². The SMILES string of the molecule is Cc1cc(C)n2cc(CNc3ccc(Cl)c(Cl)c3)nc2n1. The number of rotatable bonds is 3. The van der Waals surface area contributed by atoms with E-state index in [0.717, 1.165) is 28.5 Å². The molecule has 108 valence electrons. The lowest BCUT2D eigenvalue weighted by Gasteiger charge is -2.05. The molecule has 0 fully saturated rings. The van der Waals surface area contributed by atoms with Crippen LogP contribution in [0.5, 0.6) is 0 Å². The number of nitrogens with one attached hydrogen (secondary N) is 1. The molecule has 0 aliphatic carbocycles. The molecule has 0 unspecified atom stereocenters. The number of imidazole rings is 1. The minimum Gasteiger partial charge on any atom is -0.379 e. The Kier molecular flexibility index (Phi) is 3.74. The van der Waals surface area contributed by atoms with Crippen LogP contribution in [0.15, 0.2) is 30.5 Å². The van der Waals surface area contributed by atoms with Gasteiger partial charge in [-0.15, -0.1) is 0 Å². The van der Waals surface area contributed by atoms with Gasteiger partial charge in [-0.2, -0.15) is 0 Å². The molecule has 0 saturated heterocycles. The lowest BCUT2D eigenvalue weighted by molar-refractivity contribution is 1.01. The molecule has 4 nitrogen and oxygen atoms in total. The summed E-state index contributed by atoms with van der Waals surface area (Å²) in [7, 11) is 0. The van der Waals surface area contributed by atoms with Crippen LogP contribution in [0.1, 0.15) is 17.1 Å². The van der Waals surface area contributed by atoms with E-state index in [-0.39, 0.29) is 0 Å². The van der Waals surface area contributed by atoms with Crippen LogP contribution in [0.25, 0.3) is 5.78 Å². The fraction of sp³-hybridized carbons (Fsp3) is 0.200. The fourth-order valence-corrected chi connectivity index (χ4v) is 2.50. The number of benzene rings is 1. The molecular formula is C15H14Cl2N4. The first-order valence-corrected chi connectivity index (χ1v) is 7.29. The van der Waals surface area contributed by atoms with Crippen molar-refractivity contribution in [2.75, 3.05) is 5.32 Å². The number of aromatic nitrogens is 3. The lowest BCUT2D eigenvalue weighted by atomic mass is 10.3. The second-order valence-electron chi connectivity index (χ2n) is 4.92. The monoisotopic (exact) mass is 320 g/mol. The zero-order chi connectivity index (χ0) is 15.0. The summed E-state index contributed by atoms with van der Waals surface area (Å²) in [6.07, 6.45) is 1.99. The first-order valence-electron chi connectivity index (χ1n) is 6.54. The largest absolute Gasteiger partial charge is 0.379 e. The van der Waals surface area contributed by atoms with Crippen molar-refractivity contribution in [2.45, 2.75) is 20.4 Å². The minimum absolute atomic E-state index is 0.532. The van der Waals surface area contributed by atoms with Crippen molar-refractivity contribution in [1.82, 2.24) is 14.4 Å². The van der Waals surface area contributed by atoms with E-state index in [1.807, 2.05) is 36.6 Å². The molecule has 0 radical (unpaired) electrons. The second kappa shape index (κ2) is 5.54. The van der Waals surface area contributed by atoms with Crippen LogP contribution in [0.2, 0.25) is 10.0 Å². The Morgan fingerprint density at radius 3 is 2.67 bits per heavy atom. The molecule has 2 aromatic heterocycles. The Balaban J connectivity index is 1.82. The molecule has 1 N–H and O–H groups in total. The van der Waals surface area contributed by atoms with Gasteiger partial charge in [0.05, 0.1) is 22.3 Å². The number of fused-ring (bicyclic) bond motifs is 1. The lowest BCUT2D eigenvalue weighted by Crippen LogP contribution is -1.99. The number of nitrogens with zero attached hydrogens (tertiary/aromatic N) is 3. The molecule has 6 heteroatoms. The van der Waals surface area contributed by atoms with Gasteiger partial charge in [-0.3, -0.25) is 4.40 Å². The number of anilines is 1. The second-order valence-corrected chi connectivity index (χ2v) is 5.74. The van der Waals surface area contributed by atoms with Crippen LogP contribution < -0.4 is 5.32 Å². The van der Waals surface area contributed by atoms with Crippen molar-refractivity contribution in [3.8, 4) is 0 Å².